The molecule has 24 heteroatoms. The molecule has 0 aliphatic carbocycles. The number of carbonyl (C=O) groups is 9. The van der Waals surface area contributed by atoms with Gasteiger partial charge in [0.05, 0.1) is 73.7 Å². The Labute approximate surface area is 543 Å². The van der Waals surface area contributed by atoms with E-state index >= 15 is 0 Å². The van der Waals surface area contributed by atoms with Crippen LogP contribution in [0.5, 0.6) is 23.0 Å². The van der Waals surface area contributed by atoms with Crippen LogP contribution < -0.4 is 45.1 Å². The van der Waals surface area contributed by atoms with Gasteiger partial charge in [0.15, 0.2) is 23.0 Å². The van der Waals surface area contributed by atoms with Gasteiger partial charge in [0.1, 0.15) is 18.7 Å². The van der Waals surface area contributed by atoms with Crippen LogP contribution in [-0.2, 0) is 44.8 Å². The number of methoxy groups -OCH3 is 2. The lowest BCUT2D eigenvalue weighted by molar-refractivity contribution is -0.137. The van der Waals surface area contributed by atoms with Crippen LogP contribution in [0.15, 0.2) is 89.2 Å². The second kappa shape index (κ2) is 30.6. The number of ether oxygens (including phenoxy) is 6. The summed E-state index contributed by atoms with van der Waals surface area (Å²) in [5, 5.41) is 11.2. The van der Waals surface area contributed by atoms with Gasteiger partial charge in [-0.1, -0.05) is 57.9 Å². The molecule has 8 rings (SSSR count). The largest absolute Gasteiger partial charge is 0.493 e. The van der Waals surface area contributed by atoms with Crippen molar-refractivity contribution in [2.75, 3.05) is 57.3 Å². The Balaban J connectivity index is 0.811. The molecule has 0 radical (unpaired) electrons. The predicted molar refractivity (Wildman–Crippen MR) is 348 cm³/mol. The Bertz CT molecular complexity index is 3450. The quantitative estimate of drug-likeness (QED) is 0.0358. The number of hydrogen-bond donors (Lipinski definition) is 4. The molecule has 5 aliphatic heterocycles. The molecule has 24 nitrogen and oxygen atoms in total. The number of hydrogen-bond acceptors (Lipinski definition) is 16. The molecule has 0 spiro atoms. The molecule has 93 heavy (non-hydrogen) atoms. The zero-order valence-electron chi connectivity index (χ0n) is 55.4. The number of aliphatic imine (C=N–C) groups is 1. The molecule has 500 valence electrons. The normalized spacial score (nSPS) is 18.1. The maximum absolute atomic E-state index is 14.6. The van der Waals surface area contributed by atoms with Crippen molar-refractivity contribution in [2.45, 2.75) is 169 Å². The summed E-state index contributed by atoms with van der Waals surface area (Å²) in [6.07, 6.45) is 11.7. The molecule has 0 saturated heterocycles. The zero-order chi connectivity index (χ0) is 67.5. The van der Waals surface area contributed by atoms with Crippen LogP contribution in [-0.4, -0.2) is 157 Å². The molecular formula is C69H89N9O15. The van der Waals surface area contributed by atoms with Gasteiger partial charge in [0.25, 0.3) is 23.6 Å². The minimum atomic E-state index is -1.00. The second-order valence-corrected chi connectivity index (χ2v) is 25.8. The van der Waals surface area contributed by atoms with Crippen molar-refractivity contribution in [1.29, 1.82) is 0 Å². The predicted octanol–water partition coefficient (Wildman–Crippen LogP) is 8.84. The molecule has 3 aromatic rings. The number of unbranched alkanes of at least 4 members (excludes halogenated alkanes) is 2. The van der Waals surface area contributed by atoms with E-state index in [1.807, 2.05) is 47.0 Å². The highest BCUT2D eigenvalue weighted by atomic mass is 16.6. The smallest absolute Gasteiger partial charge is 0.414 e. The highest BCUT2D eigenvalue weighted by Gasteiger charge is 2.45. The van der Waals surface area contributed by atoms with Gasteiger partial charge in [-0.3, -0.25) is 53.1 Å². The first-order chi connectivity index (χ1) is 44.2. The van der Waals surface area contributed by atoms with Crippen LogP contribution in [0.2, 0.25) is 0 Å². The fraction of sp³-hybridized carbons (Fsp3) is 0.507. The Hall–Kier alpha value is -9.06. The van der Waals surface area contributed by atoms with E-state index in [1.54, 1.807) is 97.1 Å². The average molecular weight is 1280 g/mol. The summed E-state index contributed by atoms with van der Waals surface area (Å²) in [4.78, 5) is 130. The first-order valence-corrected chi connectivity index (χ1v) is 31.9. The monoisotopic (exact) mass is 1280 g/mol. The van der Waals surface area contributed by atoms with Gasteiger partial charge in [-0.15, -0.1) is 0 Å². The van der Waals surface area contributed by atoms with E-state index in [2.05, 4.69) is 26.3 Å². The van der Waals surface area contributed by atoms with E-state index in [1.165, 1.54) is 33.3 Å². The number of nitrogens with zero attached hydrogens (tertiary/aromatic N) is 5. The highest BCUT2D eigenvalue weighted by Crippen LogP contribution is 2.44. The summed E-state index contributed by atoms with van der Waals surface area (Å²) in [5.41, 5.74) is 3.06. The highest BCUT2D eigenvalue weighted by molar-refractivity contribution is 6.13. The minimum absolute atomic E-state index is 0.0110. The summed E-state index contributed by atoms with van der Waals surface area (Å²) in [6.45, 7) is 19.3. The molecule has 9 amide bonds. The molecule has 0 bridgehead atoms. The number of fused-ring (bicyclic) bond motifs is 4. The summed E-state index contributed by atoms with van der Waals surface area (Å²) >= 11 is 0. The molecular weight excluding hydrogens is 1190 g/mol. The van der Waals surface area contributed by atoms with Gasteiger partial charge in [0.2, 0.25) is 23.6 Å². The van der Waals surface area contributed by atoms with Crippen LogP contribution in [0.3, 0.4) is 0 Å². The number of benzene rings is 3. The van der Waals surface area contributed by atoms with Crippen molar-refractivity contribution < 1.29 is 71.6 Å². The number of amides is 9. The molecule has 5 heterocycles. The number of rotatable bonds is 30. The fourth-order valence-corrected chi connectivity index (χ4v) is 11.6. The van der Waals surface area contributed by atoms with Crippen LogP contribution in [0.25, 0.3) is 0 Å². The van der Waals surface area contributed by atoms with Crippen molar-refractivity contribution in [3.05, 3.63) is 101 Å². The summed E-state index contributed by atoms with van der Waals surface area (Å²) in [5.74, 6) is -1.79. The maximum atomic E-state index is 14.6. The molecule has 1 unspecified atom stereocenters. The third-order valence-corrected chi connectivity index (χ3v) is 17.2. The maximum Gasteiger partial charge on any atom is 0.414 e. The van der Waals surface area contributed by atoms with Crippen LogP contribution in [0.4, 0.5) is 21.9 Å². The van der Waals surface area contributed by atoms with Gasteiger partial charge in [-0.25, -0.2) is 4.79 Å². The van der Waals surface area contributed by atoms with Crippen molar-refractivity contribution in [3.8, 4) is 23.0 Å². The number of anilines is 2. The summed E-state index contributed by atoms with van der Waals surface area (Å²) < 4.78 is 36.1. The van der Waals surface area contributed by atoms with Crippen LogP contribution >= 0.6 is 0 Å². The topological polar surface area (TPSA) is 282 Å². The number of nitrogens with one attached hydrogen (secondary N) is 4. The number of imide groups is 1. The van der Waals surface area contributed by atoms with E-state index in [0.717, 1.165) is 28.9 Å². The van der Waals surface area contributed by atoms with E-state index in [9.17, 15) is 43.2 Å². The van der Waals surface area contributed by atoms with Crippen LogP contribution in [0.1, 0.15) is 153 Å². The van der Waals surface area contributed by atoms with Gasteiger partial charge < -0.3 is 59.5 Å². The minimum Gasteiger partial charge on any atom is -0.493 e. The van der Waals surface area contributed by atoms with Gasteiger partial charge in [0, 0.05) is 80.1 Å². The van der Waals surface area contributed by atoms with E-state index in [0.29, 0.717) is 109 Å². The van der Waals surface area contributed by atoms with Crippen molar-refractivity contribution in [2.24, 2.45) is 16.3 Å². The summed E-state index contributed by atoms with van der Waals surface area (Å²) in [7, 11) is 3.03. The first-order valence-electron chi connectivity index (χ1n) is 31.9. The average Bonchev–Trinajstić information content (AvgIpc) is 1.63. The Kier molecular flexibility index (Phi) is 23.0. The Morgan fingerprint density at radius 1 is 0.720 bits per heavy atom. The van der Waals surface area contributed by atoms with E-state index in [-0.39, 0.29) is 73.4 Å². The van der Waals surface area contributed by atoms with Gasteiger partial charge in [-0.2, -0.15) is 0 Å². The lowest BCUT2D eigenvalue weighted by Gasteiger charge is -2.35. The summed E-state index contributed by atoms with van der Waals surface area (Å²) in [6, 6.07) is 10.5. The Morgan fingerprint density at radius 2 is 1.34 bits per heavy atom. The lowest BCUT2D eigenvalue weighted by atomic mass is 9.87. The van der Waals surface area contributed by atoms with Gasteiger partial charge in [-0.05, 0) is 122 Å². The van der Waals surface area contributed by atoms with Crippen molar-refractivity contribution in [3.63, 3.8) is 0 Å². The van der Waals surface area contributed by atoms with Gasteiger partial charge >= 0.3 is 6.09 Å². The third kappa shape index (κ3) is 17.2. The Morgan fingerprint density at radius 3 is 1.99 bits per heavy atom. The number of carbonyl (C=O) groups excluding carboxylic acids is 9. The first kappa shape index (κ1) is 69.8. The standard InChI is InChI=1S/C69H89N9O15/c1-13-51-53-32-43(5)39-77(53)65(85)49-34-55(89-12)57(91-29-16-14-15-28-90-56-35-50-48(33-54(56)88-11)64(84)76-38-42(4)31-47(76)37-71-50)36-52(49)78(51)67(87)92-40-45-17-19-46(20-18-45)73-62(82)44(6)72-63(83)61(41(2)3)74-66(86)68(7,8)25-30-93-69(9,10)24-26-70-58(79)23-27-75-59(80)21-22-60(75)81/h17-22,33-39,41,44,47,51,53,61H,13-16,23-32,40H2,1-12H3,(H,70,79)(H,72,83)(H,73,82)(H,74,86)/t44-,47-,51?,53-,61-/m0/s1. The molecule has 4 N–H and O–H groups in total. The molecule has 5 atom stereocenters. The zero-order valence-corrected chi connectivity index (χ0v) is 55.4. The molecule has 0 aromatic heterocycles. The SMILES string of the molecule is CCC1[C@@H]2CC(C)=CN2C(=O)c2cc(OC)c(OCCCCCOc3cc4c(cc3OC)C(=O)N3C=C(C)C[C@H]3C=N4)cc2N1C(=O)OCc1ccc(NC(=O)[C@H](C)NC(=O)[C@@H](NC(=O)C(C)(C)CCOC(C)(C)CCNC(=O)CCN2C(=O)C=CC2=O)C(C)C)cc1. The van der Waals surface area contributed by atoms with Crippen molar-refractivity contribution in [1.82, 2.24) is 30.7 Å². The third-order valence-electron chi connectivity index (χ3n) is 17.2. The molecule has 3 aromatic carbocycles. The molecule has 0 fully saturated rings. The van der Waals surface area contributed by atoms with E-state index < -0.39 is 58.9 Å². The second-order valence-electron chi connectivity index (χ2n) is 25.8. The van der Waals surface area contributed by atoms with Crippen LogP contribution in [0, 0.1) is 11.3 Å². The molecule has 5 aliphatic rings. The fourth-order valence-electron chi connectivity index (χ4n) is 11.6. The molecule has 0 saturated carbocycles. The lowest BCUT2D eigenvalue weighted by Crippen LogP contribution is -2.55. The van der Waals surface area contributed by atoms with E-state index in [4.69, 9.17) is 28.4 Å². The van der Waals surface area contributed by atoms with Crippen molar-refractivity contribution >= 4 is 76.6 Å².